The lowest BCUT2D eigenvalue weighted by molar-refractivity contribution is -0.119. The van der Waals surface area contributed by atoms with Crippen LogP contribution in [0.1, 0.15) is 10.4 Å². The summed E-state index contributed by atoms with van der Waals surface area (Å²) in [6.07, 6.45) is 0. The second-order valence-corrected chi connectivity index (χ2v) is 7.70. The molecule has 148 valence electrons. The van der Waals surface area contributed by atoms with Gasteiger partial charge < -0.3 is 10.1 Å². The number of ether oxygens (including phenoxy) is 1. The van der Waals surface area contributed by atoms with E-state index in [0.29, 0.717) is 11.3 Å². The van der Waals surface area contributed by atoms with Crippen LogP contribution < -0.4 is 10.5 Å². The number of carbonyl (C=O) groups is 2. The van der Waals surface area contributed by atoms with E-state index in [1.165, 1.54) is 24.3 Å². The zero-order valence-corrected chi connectivity index (χ0v) is 16.1. The minimum atomic E-state index is -3.80. The van der Waals surface area contributed by atoms with Crippen LogP contribution in [-0.4, -0.2) is 26.9 Å². The van der Waals surface area contributed by atoms with Gasteiger partial charge in [0.25, 0.3) is 5.91 Å². The van der Waals surface area contributed by atoms with Gasteiger partial charge in [0.1, 0.15) is 0 Å². The number of nitrogens with one attached hydrogen (secondary N) is 1. The molecule has 1 amide bonds. The smallest absolute Gasteiger partial charge is 0.338 e. The number of amides is 1. The van der Waals surface area contributed by atoms with Crippen molar-refractivity contribution in [1.82, 2.24) is 0 Å². The number of carbonyl (C=O) groups excluding carboxylic acids is 2. The molecule has 0 aromatic heterocycles. The van der Waals surface area contributed by atoms with Crippen molar-refractivity contribution < 1.29 is 22.7 Å². The number of anilines is 1. The zero-order chi connectivity index (χ0) is 20.9. The number of hydrogen-bond donors (Lipinski definition) is 2. The molecule has 3 N–H and O–H groups in total. The van der Waals surface area contributed by atoms with Gasteiger partial charge in [-0.15, -0.1) is 0 Å². The number of esters is 1. The molecule has 0 spiro atoms. The van der Waals surface area contributed by atoms with E-state index in [2.05, 4.69) is 5.32 Å². The first kappa shape index (κ1) is 20.2. The fourth-order valence-electron chi connectivity index (χ4n) is 2.57. The molecule has 0 aliphatic heterocycles. The molecule has 0 unspecified atom stereocenters. The molecule has 0 atom stereocenters. The molecule has 0 radical (unpaired) electrons. The summed E-state index contributed by atoms with van der Waals surface area (Å²) in [6.45, 7) is -0.476. The Morgan fingerprint density at radius 3 is 2.00 bits per heavy atom. The van der Waals surface area contributed by atoms with E-state index in [1.54, 1.807) is 24.3 Å². The molecule has 7 nitrogen and oxygen atoms in total. The molecule has 0 saturated carbocycles. The number of rotatable bonds is 6. The second kappa shape index (κ2) is 8.68. The van der Waals surface area contributed by atoms with Crippen molar-refractivity contribution >= 4 is 27.6 Å². The molecule has 0 aliphatic rings. The quantitative estimate of drug-likeness (QED) is 0.606. The van der Waals surface area contributed by atoms with Gasteiger partial charge in [-0.2, -0.15) is 0 Å². The van der Waals surface area contributed by atoms with Crippen molar-refractivity contribution in [2.75, 3.05) is 11.9 Å². The van der Waals surface area contributed by atoms with Gasteiger partial charge in [-0.05, 0) is 47.5 Å². The van der Waals surface area contributed by atoms with E-state index in [4.69, 9.17) is 9.88 Å². The molecule has 0 aliphatic carbocycles. The summed E-state index contributed by atoms with van der Waals surface area (Å²) >= 11 is 0. The number of benzene rings is 3. The standard InChI is InChI=1S/C21H18N2O5S/c22-29(26,27)19-12-10-18(11-13-19)23-20(24)14-28-21(25)17-8-6-16(7-9-17)15-4-2-1-3-5-15/h1-13H,14H2,(H,23,24)(H2,22,26,27). The third-order valence-corrected chi connectivity index (χ3v) is 4.96. The van der Waals surface area contributed by atoms with Gasteiger partial charge in [0.2, 0.25) is 10.0 Å². The fourth-order valence-corrected chi connectivity index (χ4v) is 3.08. The SMILES string of the molecule is NS(=O)(=O)c1ccc(NC(=O)COC(=O)c2ccc(-c3ccccc3)cc2)cc1. The first-order chi connectivity index (χ1) is 13.8. The van der Waals surface area contributed by atoms with Gasteiger partial charge in [0.05, 0.1) is 10.5 Å². The average molecular weight is 410 g/mol. The summed E-state index contributed by atoms with van der Waals surface area (Å²) in [5.41, 5.74) is 2.67. The van der Waals surface area contributed by atoms with Crippen LogP contribution in [0.3, 0.4) is 0 Å². The van der Waals surface area contributed by atoms with Crippen molar-refractivity contribution in [2.24, 2.45) is 5.14 Å². The van der Waals surface area contributed by atoms with Crippen molar-refractivity contribution in [1.29, 1.82) is 0 Å². The molecule has 3 aromatic rings. The highest BCUT2D eigenvalue weighted by atomic mass is 32.2. The van der Waals surface area contributed by atoms with Crippen LogP contribution in [0, 0.1) is 0 Å². The number of sulfonamides is 1. The average Bonchev–Trinajstić information content (AvgIpc) is 2.72. The Kier molecular flexibility index (Phi) is 6.06. The maximum Gasteiger partial charge on any atom is 0.338 e. The maximum absolute atomic E-state index is 12.1. The molecule has 29 heavy (non-hydrogen) atoms. The molecule has 0 saturated heterocycles. The Bertz CT molecular complexity index is 1110. The van der Waals surface area contributed by atoms with Gasteiger partial charge in [-0.1, -0.05) is 42.5 Å². The molecule has 3 rings (SSSR count). The van der Waals surface area contributed by atoms with Crippen molar-refractivity contribution in [2.45, 2.75) is 4.90 Å². The summed E-state index contributed by atoms with van der Waals surface area (Å²) in [7, 11) is -3.80. The molecule has 0 heterocycles. The van der Waals surface area contributed by atoms with E-state index in [9.17, 15) is 18.0 Å². The van der Waals surface area contributed by atoms with Gasteiger partial charge in [0, 0.05) is 5.69 Å². The van der Waals surface area contributed by atoms with Crippen LogP contribution in [0.5, 0.6) is 0 Å². The third-order valence-electron chi connectivity index (χ3n) is 4.03. The van der Waals surface area contributed by atoms with Crippen LogP contribution in [0.25, 0.3) is 11.1 Å². The second-order valence-electron chi connectivity index (χ2n) is 6.14. The van der Waals surface area contributed by atoms with Gasteiger partial charge in [0.15, 0.2) is 6.61 Å². The highest BCUT2D eigenvalue weighted by Gasteiger charge is 2.12. The third kappa shape index (κ3) is 5.50. The summed E-state index contributed by atoms with van der Waals surface area (Å²) < 4.78 is 27.4. The molecule has 0 bridgehead atoms. The molecular formula is C21H18N2O5S. The monoisotopic (exact) mass is 410 g/mol. The van der Waals surface area contributed by atoms with Crippen LogP contribution in [0.15, 0.2) is 83.8 Å². The Balaban J connectivity index is 1.54. The van der Waals surface area contributed by atoms with Crippen LogP contribution in [0.2, 0.25) is 0 Å². The highest BCUT2D eigenvalue weighted by molar-refractivity contribution is 7.89. The minimum absolute atomic E-state index is 0.0686. The van der Waals surface area contributed by atoms with E-state index in [0.717, 1.165) is 11.1 Å². The van der Waals surface area contributed by atoms with Crippen LogP contribution >= 0.6 is 0 Å². The van der Waals surface area contributed by atoms with Gasteiger partial charge >= 0.3 is 5.97 Å². The van der Waals surface area contributed by atoms with Crippen molar-refractivity contribution in [3.8, 4) is 11.1 Å². The van der Waals surface area contributed by atoms with Gasteiger partial charge in [-0.25, -0.2) is 18.4 Å². The Morgan fingerprint density at radius 1 is 0.828 bits per heavy atom. The molecular weight excluding hydrogens is 392 g/mol. The lowest BCUT2D eigenvalue weighted by Gasteiger charge is -2.08. The largest absolute Gasteiger partial charge is 0.452 e. The Morgan fingerprint density at radius 2 is 1.41 bits per heavy atom. The van der Waals surface area contributed by atoms with E-state index in [-0.39, 0.29) is 4.90 Å². The summed E-state index contributed by atoms with van der Waals surface area (Å²) in [5.74, 6) is -1.17. The topological polar surface area (TPSA) is 116 Å². The van der Waals surface area contributed by atoms with Gasteiger partial charge in [-0.3, -0.25) is 4.79 Å². The molecule has 0 fully saturated rings. The summed E-state index contributed by atoms with van der Waals surface area (Å²) in [4.78, 5) is 24.0. The minimum Gasteiger partial charge on any atom is -0.452 e. The van der Waals surface area contributed by atoms with E-state index in [1.807, 2.05) is 30.3 Å². The summed E-state index contributed by atoms with van der Waals surface area (Å²) in [5, 5.41) is 7.52. The first-order valence-electron chi connectivity index (χ1n) is 8.58. The zero-order valence-electron chi connectivity index (χ0n) is 15.2. The first-order valence-corrected chi connectivity index (χ1v) is 10.1. The highest BCUT2D eigenvalue weighted by Crippen LogP contribution is 2.19. The number of nitrogens with two attached hydrogens (primary N) is 1. The van der Waals surface area contributed by atoms with Crippen LogP contribution in [-0.2, 0) is 19.6 Å². The number of hydrogen-bond acceptors (Lipinski definition) is 5. The normalized spacial score (nSPS) is 10.9. The lowest BCUT2D eigenvalue weighted by atomic mass is 10.0. The molecule has 8 heteroatoms. The lowest BCUT2D eigenvalue weighted by Crippen LogP contribution is -2.21. The predicted octanol–water partition coefficient (Wildman–Crippen LogP) is 2.80. The van der Waals surface area contributed by atoms with Crippen molar-refractivity contribution in [3.05, 3.63) is 84.4 Å². The Labute approximate surface area is 168 Å². The van der Waals surface area contributed by atoms with E-state index >= 15 is 0 Å². The fraction of sp³-hybridized carbons (Fsp3) is 0.0476. The maximum atomic E-state index is 12.1. The van der Waals surface area contributed by atoms with Crippen molar-refractivity contribution in [3.63, 3.8) is 0 Å². The molecule has 3 aromatic carbocycles. The summed E-state index contributed by atoms with van der Waals surface area (Å²) in [6, 6.07) is 21.9. The number of primary sulfonamides is 1. The predicted molar refractivity (Wildman–Crippen MR) is 109 cm³/mol. The Hall–Kier alpha value is -3.49. The van der Waals surface area contributed by atoms with Crippen LogP contribution in [0.4, 0.5) is 5.69 Å². The van der Waals surface area contributed by atoms with E-state index < -0.39 is 28.5 Å².